The Balaban J connectivity index is 1.76. The molecular formula is C20H18N4O2. The minimum absolute atomic E-state index is 0.0544. The lowest BCUT2D eigenvalue weighted by Crippen LogP contribution is -2.24. The molecule has 4 aromatic rings. The Morgan fingerprint density at radius 2 is 1.85 bits per heavy atom. The molecule has 2 heterocycles. The van der Waals surface area contributed by atoms with Gasteiger partial charge in [-0.3, -0.25) is 4.79 Å². The summed E-state index contributed by atoms with van der Waals surface area (Å²) in [6.45, 7) is 0. The minimum atomic E-state index is -0.234. The first kappa shape index (κ1) is 16.1. The number of carbonyl (C=O) groups excluding carboxylic acids is 1. The maximum Gasteiger partial charge on any atom is 0.222 e. The largest absolute Gasteiger partial charge is 0.450 e. The number of benzene rings is 2. The summed E-state index contributed by atoms with van der Waals surface area (Å²) >= 11 is 0. The van der Waals surface area contributed by atoms with Crippen LogP contribution >= 0.6 is 0 Å². The Kier molecular flexibility index (Phi) is 4.23. The molecule has 1 atom stereocenters. The molecule has 130 valence electrons. The quantitative estimate of drug-likeness (QED) is 0.576. The average molecular weight is 346 g/mol. The highest BCUT2D eigenvalue weighted by molar-refractivity contribution is 6.05. The fourth-order valence-corrected chi connectivity index (χ4v) is 3.02. The Hall–Kier alpha value is -3.41. The van der Waals surface area contributed by atoms with Gasteiger partial charge in [-0.1, -0.05) is 42.5 Å². The summed E-state index contributed by atoms with van der Waals surface area (Å²) < 4.78 is 5.96. The predicted molar refractivity (Wildman–Crippen MR) is 101 cm³/mol. The number of amides is 1. The van der Waals surface area contributed by atoms with E-state index >= 15 is 0 Å². The van der Waals surface area contributed by atoms with E-state index in [-0.39, 0.29) is 18.4 Å². The molecule has 2 aromatic carbocycles. The van der Waals surface area contributed by atoms with E-state index in [2.05, 4.69) is 20.6 Å². The van der Waals surface area contributed by atoms with Crippen molar-refractivity contribution in [3.8, 4) is 0 Å². The number of aromatic nitrogens is 2. The minimum Gasteiger partial charge on any atom is -0.450 e. The van der Waals surface area contributed by atoms with Gasteiger partial charge in [0.25, 0.3) is 0 Å². The molecule has 2 N–H and O–H groups in total. The molecule has 0 saturated carbocycles. The fraction of sp³-hybridized carbons (Fsp3) is 0.150. The van der Waals surface area contributed by atoms with Crippen molar-refractivity contribution in [1.29, 1.82) is 0 Å². The van der Waals surface area contributed by atoms with Crippen LogP contribution in [0.3, 0.4) is 0 Å². The van der Waals surface area contributed by atoms with Crippen LogP contribution in [0.25, 0.3) is 22.1 Å². The summed E-state index contributed by atoms with van der Waals surface area (Å²) in [4.78, 5) is 20.7. The highest BCUT2D eigenvalue weighted by atomic mass is 16.3. The first-order valence-electron chi connectivity index (χ1n) is 8.40. The number of hydrogen-bond acceptors (Lipinski definition) is 5. The molecule has 4 rings (SSSR count). The second-order valence-electron chi connectivity index (χ2n) is 5.98. The second kappa shape index (κ2) is 6.84. The van der Waals surface area contributed by atoms with Gasteiger partial charge in [0.15, 0.2) is 11.4 Å². The van der Waals surface area contributed by atoms with Crippen LogP contribution in [0.15, 0.2) is 65.3 Å². The molecule has 0 saturated heterocycles. The van der Waals surface area contributed by atoms with Gasteiger partial charge in [0, 0.05) is 12.4 Å². The Morgan fingerprint density at radius 3 is 2.65 bits per heavy atom. The maximum absolute atomic E-state index is 12.0. The summed E-state index contributed by atoms with van der Waals surface area (Å²) in [6, 6.07) is 17.3. The Labute approximate surface area is 150 Å². The molecule has 2 aromatic heterocycles. The number of para-hydroxylation sites is 1. The monoisotopic (exact) mass is 346 g/mol. The number of nitrogens with zero attached hydrogens (tertiary/aromatic N) is 2. The molecule has 0 bridgehead atoms. The third kappa shape index (κ3) is 2.97. The van der Waals surface area contributed by atoms with E-state index in [1.807, 2.05) is 54.6 Å². The molecular weight excluding hydrogens is 328 g/mol. The first-order chi connectivity index (χ1) is 12.8. The van der Waals surface area contributed by atoms with E-state index in [0.717, 1.165) is 22.0 Å². The fourth-order valence-electron chi connectivity index (χ4n) is 3.02. The lowest BCUT2D eigenvalue weighted by Gasteiger charge is -2.19. The van der Waals surface area contributed by atoms with Crippen LogP contribution in [0.1, 0.15) is 18.0 Å². The van der Waals surface area contributed by atoms with Gasteiger partial charge in [0.2, 0.25) is 5.91 Å². The Morgan fingerprint density at radius 1 is 1.08 bits per heavy atom. The van der Waals surface area contributed by atoms with Gasteiger partial charge in [-0.25, -0.2) is 9.97 Å². The smallest absolute Gasteiger partial charge is 0.222 e. The summed E-state index contributed by atoms with van der Waals surface area (Å²) in [6.07, 6.45) is 1.79. The van der Waals surface area contributed by atoms with E-state index in [0.29, 0.717) is 11.4 Å². The molecule has 6 heteroatoms. The van der Waals surface area contributed by atoms with Crippen LogP contribution in [0, 0.1) is 0 Å². The lowest BCUT2D eigenvalue weighted by atomic mass is 10.0. The normalized spacial score (nSPS) is 12.2. The van der Waals surface area contributed by atoms with Crippen LogP contribution < -0.4 is 10.6 Å². The van der Waals surface area contributed by atoms with Crippen molar-refractivity contribution in [2.45, 2.75) is 12.5 Å². The molecule has 1 unspecified atom stereocenters. The highest BCUT2D eigenvalue weighted by Crippen LogP contribution is 2.32. The van der Waals surface area contributed by atoms with Crippen LogP contribution in [-0.2, 0) is 4.79 Å². The van der Waals surface area contributed by atoms with Gasteiger partial charge < -0.3 is 15.1 Å². The van der Waals surface area contributed by atoms with Crippen LogP contribution in [0.4, 0.5) is 5.82 Å². The lowest BCUT2D eigenvalue weighted by molar-refractivity contribution is -0.120. The van der Waals surface area contributed by atoms with Gasteiger partial charge >= 0.3 is 0 Å². The molecule has 0 fully saturated rings. The maximum atomic E-state index is 12.0. The van der Waals surface area contributed by atoms with Crippen molar-refractivity contribution in [1.82, 2.24) is 15.3 Å². The van der Waals surface area contributed by atoms with Crippen molar-refractivity contribution in [2.75, 3.05) is 12.4 Å². The van der Waals surface area contributed by atoms with E-state index in [1.165, 1.54) is 6.33 Å². The zero-order valence-corrected chi connectivity index (χ0v) is 14.3. The number of rotatable bonds is 5. The van der Waals surface area contributed by atoms with Gasteiger partial charge in [-0.15, -0.1) is 0 Å². The zero-order valence-electron chi connectivity index (χ0n) is 14.3. The molecule has 0 spiro atoms. The van der Waals surface area contributed by atoms with Crippen molar-refractivity contribution in [3.63, 3.8) is 0 Å². The SMILES string of the molecule is CNC(=O)CC(Nc1ncnc2c1oc1ccccc12)c1ccccc1. The van der Waals surface area contributed by atoms with E-state index in [9.17, 15) is 4.79 Å². The van der Waals surface area contributed by atoms with Crippen molar-refractivity contribution in [2.24, 2.45) is 0 Å². The van der Waals surface area contributed by atoms with Gasteiger partial charge in [0.05, 0.1) is 12.5 Å². The van der Waals surface area contributed by atoms with Crippen LogP contribution in [0.2, 0.25) is 0 Å². The summed E-state index contributed by atoms with van der Waals surface area (Å²) in [5.74, 6) is 0.519. The van der Waals surface area contributed by atoms with Crippen molar-refractivity contribution in [3.05, 3.63) is 66.5 Å². The van der Waals surface area contributed by atoms with Crippen LogP contribution in [-0.4, -0.2) is 22.9 Å². The summed E-state index contributed by atoms with van der Waals surface area (Å²) in [5.41, 5.74) is 3.10. The zero-order chi connectivity index (χ0) is 17.9. The predicted octanol–water partition coefficient (Wildman–Crippen LogP) is 3.67. The molecule has 0 aliphatic carbocycles. The van der Waals surface area contributed by atoms with E-state index in [1.54, 1.807) is 7.05 Å². The standard InChI is InChI=1S/C20H18N4O2/c1-21-17(25)11-15(13-7-3-2-4-8-13)24-20-19-18(22-12-23-20)14-9-5-6-10-16(14)26-19/h2-10,12,15H,11H2,1H3,(H,21,25)(H,22,23,24). The van der Waals surface area contributed by atoms with E-state index < -0.39 is 0 Å². The van der Waals surface area contributed by atoms with Crippen molar-refractivity contribution < 1.29 is 9.21 Å². The molecule has 0 aliphatic heterocycles. The van der Waals surface area contributed by atoms with Gasteiger partial charge in [-0.05, 0) is 17.7 Å². The molecule has 1 amide bonds. The second-order valence-corrected chi connectivity index (χ2v) is 5.98. The molecule has 26 heavy (non-hydrogen) atoms. The third-order valence-corrected chi connectivity index (χ3v) is 4.34. The van der Waals surface area contributed by atoms with Gasteiger partial charge in [-0.2, -0.15) is 0 Å². The average Bonchev–Trinajstić information content (AvgIpc) is 3.08. The van der Waals surface area contributed by atoms with Crippen LogP contribution in [0.5, 0.6) is 0 Å². The molecule has 0 aliphatic rings. The third-order valence-electron chi connectivity index (χ3n) is 4.34. The van der Waals surface area contributed by atoms with Gasteiger partial charge in [0.1, 0.15) is 17.4 Å². The number of nitrogens with one attached hydrogen (secondary N) is 2. The van der Waals surface area contributed by atoms with Crippen molar-refractivity contribution >= 4 is 33.8 Å². The molecule has 0 radical (unpaired) electrons. The number of fused-ring (bicyclic) bond motifs is 3. The highest BCUT2D eigenvalue weighted by Gasteiger charge is 2.19. The number of hydrogen-bond donors (Lipinski definition) is 2. The number of furan rings is 1. The Bertz CT molecular complexity index is 1060. The summed E-state index contributed by atoms with van der Waals surface area (Å²) in [7, 11) is 1.63. The molecule has 6 nitrogen and oxygen atoms in total. The first-order valence-corrected chi connectivity index (χ1v) is 8.40. The van der Waals surface area contributed by atoms with E-state index in [4.69, 9.17) is 4.42 Å². The number of anilines is 1. The topological polar surface area (TPSA) is 80.0 Å². The summed E-state index contributed by atoms with van der Waals surface area (Å²) in [5, 5.41) is 6.97. The number of carbonyl (C=O) groups is 1.